The highest BCUT2D eigenvalue weighted by Gasteiger charge is 2.30. The summed E-state index contributed by atoms with van der Waals surface area (Å²) in [5.74, 6) is 5.57. The molecule has 0 bridgehead atoms. The van der Waals surface area contributed by atoms with E-state index < -0.39 is 0 Å². The van der Waals surface area contributed by atoms with Crippen molar-refractivity contribution in [2.24, 2.45) is 5.73 Å². The minimum absolute atomic E-state index is 0.0734. The molecule has 0 aromatic carbocycles. The summed E-state index contributed by atoms with van der Waals surface area (Å²) in [4.78, 5) is 16.3. The summed E-state index contributed by atoms with van der Waals surface area (Å²) in [5, 5.41) is 3.10. The van der Waals surface area contributed by atoms with Gasteiger partial charge in [0.25, 0.3) is 5.91 Å². The van der Waals surface area contributed by atoms with Crippen molar-refractivity contribution in [1.29, 1.82) is 0 Å². The lowest BCUT2D eigenvalue weighted by Crippen LogP contribution is -2.43. The molecule has 0 saturated heterocycles. The Kier molecular flexibility index (Phi) is 4.18. The van der Waals surface area contributed by atoms with Gasteiger partial charge in [-0.1, -0.05) is 24.7 Å². The number of pyridine rings is 1. The number of nitrogens with one attached hydrogen (secondary N) is 1. The Balaban J connectivity index is 2.10. The van der Waals surface area contributed by atoms with Crippen LogP contribution in [0, 0.1) is 11.8 Å². The largest absolute Gasteiger partial charge is 0.347 e. The van der Waals surface area contributed by atoms with Crippen LogP contribution in [0.5, 0.6) is 0 Å². The van der Waals surface area contributed by atoms with Crippen molar-refractivity contribution in [2.45, 2.75) is 38.1 Å². The van der Waals surface area contributed by atoms with Crippen LogP contribution in [0.15, 0.2) is 18.5 Å². The van der Waals surface area contributed by atoms with Crippen molar-refractivity contribution >= 4 is 5.91 Å². The Morgan fingerprint density at radius 3 is 2.89 bits per heavy atom. The van der Waals surface area contributed by atoms with E-state index in [-0.39, 0.29) is 11.4 Å². The van der Waals surface area contributed by atoms with Gasteiger partial charge in [0, 0.05) is 23.5 Å². The minimum Gasteiger partial charge on any atom is -0.347 e. The summed E-state index contributed by atoms with van der Waals surface area (Å²) in [5.41, 5.74) is 6.52. The maximum atomic E-state index is 12.2. The van der Waals surface area contributed by atoms with Crippen LogP contribution < -0.4 is 11.1 Å². The molecule has 1 aromatic heterocycles. The third-order valence-corrected chi connectivity index (χ3v) is 3.46. The van der Waals surface area contributed by atoms with Gasteiger partial charge in [-0.2, -0.15) is 0 Å². The average molecular weight is 257 g/mol. The van der Waals surface area contributed by atoms with Gasteiger partial charge in [0.15, 0.2) is 0 Å². The van der Waals surface area contributed by atoms with Gasteiger partial charge in [-0.3, -0.25) is 9.78 Å². The third kappa shape index (κ3) is 3.55. The molecule has 1 aromatic rings. The molecule has 1 aliphatic rings. The SMILES string of the molecule is CC1(NC(=O)c2cncc(C#CCN)c2)CCCC1. The van der Waals surface area contributed by atoms with Gasteiger partial charge in [-0.25, -0.2) is 0 Å². The number of amides is 1. The number of hydrogen-bond donors (Lipinski definition) is 2. The second-order valence-corrected chi connectivity index (χ2v) is 5.19. The summed E-state index contributed by atoms with van der Waals surface area (Å²) in [6, 6.07) is 1.75. The molecule has 1 heterocycles. The highest BCUT2D eigenvalue weighted by Crippen LogP contribution is 2.29. The van der Waals surface area contributed by atoms with Crippen LogP contribution in [0.25, 0.3) is 0 Å². The monoisotopic (exact) mass is 257 g/mol. The van der Waals surface area contributed by atoms with Gasteiger partial charge < -0.3 is 11.1 Å². The molecule has 0 aliphatic heterocycles. The first-order chi connectivity index (χ1) is 9.13. The van der Waals surface area contributed by atoms with Crippen molar-refractivity contribution in [3.05, 3.63) is 29.6 Å². The predicted octanol–water partition coefficient (Wildman–Crippen LogP) is 1.45. The van der Waals surface area contributed by atoms with E-state index in [0.29, 0.717) is 12.1 Å². The molecule has 4 nitrogen and oxygen atoms in total. The molecule has 0 spiro atoms. The van der Waals surface area contributed by atoms with Gasteiger partial charge in [0.05, 0.1) is 12.1 Å². The van der Waals surface area contributed by atoms with Gasteiger partial charge in [-0.15, -0.1) is 0 Å². The van der Waals surface area contributed by atoms with Gasteiger partial charge >= 0.3 is 0 Å². The second kappa shape index (κ2) is 5.85. The summed E-state index contributed by atoms with van der Waals surface area (Å²) in [6.07, 6.45) is 7.64. The van der Waals surface area contributed by atoms with Crippen LogP contribution in [-0.2, 0) is 0 Å². The Bertz CT molecular complexity index is 522. The number of carbonyl (C=O) groups excluding carboxylic acids is 1. The molecule has 1 saturated carbocycles. The Labute approximate surface area is 113 Å². The molecule has 0 atom stereocenters. The molecule has 4 heteroatoms. The van der Waals surface area contributed by atoms with Crippen LogP contribution in [0.3, 0.4) is 0 Å². The first kappa shape index (κ1) is 13.6. The van der Waals surface area contributed by atoms with E-state index in [1.807, 2.05) is 0 Å². The Morgan fingerprint density at radius 1 is 1.47 bits per heavy atom. The van der Waals surface area contributed by atoms with E-state index >= 15 is 0 Å². The molecule has 1 aliphatic carbocycles. The second-order valence-electron chi connectivity index (χ2n) is 5.19. The lowest BCUT2D eigenvalue weighted by Gasteiger charge is -2.25. The predicted molar refractivity (Wildman–Crippen MR) is 74.5 cm³/mol. The lowest BCUT2D eigenvalue weighted by molar-refractivity contribution is 0.0907. The molecular formula is C15H19N3O. The molecule has 19 heavy (non-hydrogen) atoms. The highest BCUT2D eigenvalue weighted by atomic mass is 16.1. The zero-order chi connectivity index (χ0) is 13.7. The van der Waals surface area contributed by atoms with E-state index in [1.54, 1.807) is 18.5 Å². The molecule has 0 radical (unpaired) electrons. The normalized spacial score (nSPS) is 16.5. The zero-order valence-corrected chi connectivity index (χ0v) is 11.2. The summed E-state index contributed by atoms with van der Waals surface area (Å²) >= 11 is 0. The lowest BCUT2D eigenvalue weighted by atomic mass is 10.00. The summed E-state index contributed by atoms with van der Waals surface area (Å²) in [6.45, 7) is 2.40. The van der Waals surface area contributed by atoms with E-state index in [9.17, 15) is 4.79 Å². The number of carbonyl (C=O) groups is 1. The summed E-state index contributed by atoms with van der Waals surface area (Å²) in [7, 11) is 0. The van der Waals surface area contributed by atoms with Crippen molar-refractivity contribution in [1.82, 2.24) is 10.3 Å². The quantitative estimate of drug-likeness (QED) is 0.788. The molecular weight excluding hydrogens is 238 g/mol. The van der Waals surface area contributed by atoms with Crippen LogP contribution in [0.2, 0.25) is 0 Å². The molecule has 0 unspecified atom stereocenters. The highest BCUT2D eigenvalue weighted by molar-refractivity contribution is 5.94. The molecule has 1 fully saturated rings. The van der Waals surface area contributed by atoms with Crippen LogP contribution in [0.1, 0.15) is 48.5 Å². The van der Waals surface area contributed by atoms with E-state index in [4.69, 9.17) is 5.73 Å². The van der Waals surface area contributed by atoms with E-state index in [1.165, 1.54) is 12.8 Å². The maximum absolute atomic E-state index is 12.2. The maximum Gasteiger partial charge on any atom is 0.253 e. The number of nitrogens with zero attached hydrogens (tertiary/aromatic N) is 1. The molecule has 2 rings (SSSR count). The van der Waals surface area contributed by atoms with Gasteiger partial charge in [0.2, 0.25) is 0 Å². The fourth-order valence-corrected chi connectivity index (χ4v) is 2.41. The smallest absolute Gasteiger partial charge is 0.253 e. The third-order valence-electron chi connectivity index (χ3n) is 3.46. The van der Waals surface area contributed by atoms with Gasteiger partial charge in [-0.05, 0) is 25.8 Å². The Morgan fingerprint density at radius 2 is 2.21 bits per heavy atom. The van der Waals surface area contributed by atoms with Gasteiger partial charge in [0.1, 0.15) is 0 Å². The van der Waals surface area contributed by atoms with E-state index in [2.05, 4.69) is 29.1 Å². The van der Waals surface area contributed by atoms with Crippen LogP contribution in [0.4, 0.5) is 0 Å². The van der Waals surface area contributed by atoms with Crippen LogP contribution in [-0.4, -0.2) is 23.0 Å². The van der Waals surface area contributed by atoms with Crippen molar-refractivity contribution in [3.63, 3.8) is 0 Å². The number of aromatic nitrogens is 1. The fraction of sp³-hybridized carbons (Fsp3) is 0.467. The topological polar surface area (TPSA) is 68.0 Å². The average Bonchev–Trinajstić information content (AvgIpc) is 2.83. The fourth-order valence-electron chi connectivity index (χ4n) is 2.41. The molecule has 1 amide bonds. The molecule has 3 N–H and O–H groups in total. The summed E-state index contributed by atoms with van der Waals surface area (Å²) < 4.78 is 0. The number of nitrogens with two attached hydrogens (primary N) is 1. The van der Waals surface area contributed by atoms with Crippen molar-refractivity contribution in [2.75, 3.05) is 6.54 Å². The number of hydrogen-bond acceptors (Lipinski definition) is 3. The first-order valence-corrected chi connectivity index (χ1v) is 6.59. The van der Waals surface area contributed by atoms with E-state index in [0.717, 1.165) is 18.4 Å². The van der Waals surface area contributed by atoms with Crippen molar-refractivity contribution < 1.29 is 4.79 Å². The minimum atomic E-state index is -0.0756. The van der Waals surface area contributed by atoms with Crippen LogP contribution >= 0.6 is 0 Å². The Hall–Kier alpha value is -1.86. The standard InChI is InChI=1S/C15H19N3O/c1-15(6-2-3-7-15)18-14(19)13-9-12(5-4-8-16)10-17-11-13/h9-11H,2-3,6-8,16H2,1H3,(H,18,19). The number of rotatable bonds is 2. The van der Waals surface area contributed by atoms with Crippen molar-refractivity contribution in [3.8, 4) is 11.8 Å². The first-order valence-electron chi connectivity index (χ1n) is 6.59. The zero-order valence-electron chi connectivity index (χ0n) is 11.2. The molecule has 100 valence electrons.